The van der Waals surface area contributed by atoms with Gasteiger partial charge in [-0.2, -0.15) is 5.10 Å². The lowest BCUT2D eigenvalue weighted by Crippen LogP contribution is -2.24. The molecule has 2 aromatic heterocycles. The van der Waals surface area contributed by atoms with Crippen LogP contribution in [0.3, 0.4) is 0 Å². The summed E-state index contributed by atoms with van der Waals surface area (Å²) in [5.74, 6) is 0.549. The van der Waals surface area contributed by atoms with Gasteiger partial charge in [-0.25, -0.2) is 9.67 Å². The molecule has 0 aliphatic rings. The maximum atomic E-state index is 12.9. The molecular weight excluding hydrogens is 364 g/mol. The summed E-state index contributed by atoms with van der Waals surface area (Å²) in [7, 11) is 0. The minimum absolute atomic E-state index is 0.140. The van der Waals surface area contributed by atoms with E-state index in [-0.39, 0.29) is 11.8 Å². The molecule has 0 atom stereocenters. The molecule has 0 aliphatic heterocycles. The molecule has 152 valence electrons. The lowest BCUT2D eigenvalue weighted by Gasteiger charge is -2.14. The zero-order valence-corrected chi connectivity index (χ0v) is 17.5. The van der Waals surface area contributed by atoms with E-state index >= 15 is 0 Å². The zero-order chi connectivity index (χ0) is 20.8. The minimum Gasteiger partial charge on any atom is -0.477 e. The fraction of sp³-hybridized carbons (Fsp3) is 0.348. The number of aromatic nitrogens is 3. The van der Waals surface area contributed by atoms with Crippen molar-refractivity contribution < 1.29 is 9.53 Å². The first kappa shape index (κ1) is 20.6. The van der Waals surface area contributed by atoms with Crippen LogP contribution in [-0.2, 0) is 6.54 Å². The highest BCUT2D eigenvalue weighted by Crippen LogP contribution is 2.23. The summed E-state index contributed by atoms with van der Waals surface area (Å²) in [4.78, 5) is 17.2. The number of carbonyl (C=O) groups is 1. The summed E-state index contributed by atoms with van der Waals surface area (Å²) < 4.78 is 7.53. The van der Waals surface area contributed by atoms with Crippen molar-refractivity contribution in [1.82, 2.24) is 20.1 Å². The van der Waals surface area contributed by atoms with Gasteiger partial charge >= 0.3 is 0 Å². The number of nitrogens with one attached hydrogen (secondary N) is 1. The Kier molecular flexibility index (Phi) is 6.65. The van der Waals surface area contributed by atoms with Gasteiger partial charge < -0.3 is 10.1 Å². The van der Waals surface area contributed by atoms with Crippen LogP contribution in [0.5, 0.6) is 5.88 Å². The molecule has 2 heterocycles. The second-order valence-corrected chi connectivity index (χ2v) is 7.34. The van der Waals surface area contributed by atoms with Crippen molar-refractivity contribution in [3.05, 3.63) is 71.2 Å². The van der Waals surface area contributed by atoms with E-state index in [1.807, 2.05) is 54.9 Å². The number of amides is 1. The number of aryl methyl sites for hydroxylation is 1. The summed E-state index contributed by atoms with van der Waals surface area (Å²) in [5.41, 5.74) is 4.45. The zero-order valence-electron chi connectivity index (χ0n) is 17.5. The highest BCUT2D eigenvalue weighted by atomic mass is 16.5. The molecule has 6 nitrogen and oxygen atoms in total. The summed E-state index contributed by atoms with van der Waals surface area (Å²) in [6, 6.07) is 11.9. The van der Waals surface area contributed by atoms with Crippen molar-refractivity contribution >= 4 is 5.91 Å². The maximum absolute atomic E-state index is 12.9. The highest BCUT2D eigenvalue weighted by Gasteiger charge is 2.21. The summed E-state index contributed by atoms with van der Waals surface area (Å²) in [6.45, 7) is 9.17. The van der Waals surface area contributed by atoms with Crippen LogP contribution in [0.2, 0.25) is 0 Å². The lowest BCUT2D eigenvalue weighted by molar-refractivity contribution is 0.0949. The number of carbonyl (C=O) groups excluding carboxylic acids is 1. The van der Waals surface area contributed by atoms with Gasteiger partial charge in [-0.15, -0.1) is 0 Å². The second-order valence-electron chi connectivity index (χ2n) is 7.34. The molecule has 0 fully saturated rings. The van der Waals surface area contributed by atoms with E-state index in [0.29, 0.717) is 24.6 Å². The molecule has 29 heavy (non-hydrogen) atoms. The molecule has 1 N–H and O–H groups in total. The molecule has 0 spiro atoms. The van der Waals surface area contributed by atoms with E-state index in [1.165, 1.54) is 5.56 Å². The SMILES string of the molecule is CCCOc1ncccc1CNC(=O)c1cnn(-c2ccc(C)cc2)c1C(C)C. The molecule has 6 heteroatoms. The molecule has 0 saturated heterocycles. The van der Waals surface area contributed by atoms with Gasteiger partial charge in [0, 0.05) is 18.3 Å². The quantitative estimate of drug-likeness (QED) is 0.616. The van der Waals surface area contributed by atoms with Crippen LogP contribution < -0.4 is 10.1 Å². The van der Waals surface area contributed by atoms with Crippen LogP contribution in [0, 0.1) is 6.92 Å². The van der Waals surface area contributed by atoms with E-state index in [1.54, 1.807) is 12.4 Å². The van der Waals surface area contributed by atoms with Crippen LogP contribution in [0.1, 0.15) is 60.3 Å². The molecule has 0 unspecified atom stereocenters. The maximum Gasteiger partial charge on any atom is 0.255 e. The van der Waals surface area contributed by atoms with Crippen molar-refractivity contribution in [3.8, 4) is 11.6 Å². The van der Waals surface area contributed by atoms with Crippen LogP contribution in [-0.4, -0.2) is 27.3 Å². The first-order valence-electron chi connectivity index (χ1n) is 10.0. The van der Waals surface area contributed by atoms with Crippen molar-refractivity contribution in [1.29, 1.82) is 0 Å². The Morgan fingerprint density at radius 3 is 2.66 bits per heavy atom. The average molecular weight is 393 g/mol. The van der Waals surface area contributed by atoms with E-state index < -0.39 is 0 Å². The van der Waals surface area contributed by atoms with Crippen molar-refractivity contribution in [3.63, 3.8) is 0 Å². The Hall–Kier alpha value is -3.15. The number of pyridine rings is 1. The van der Waals surface area contributed by atoms with Gasteiger partial charge in [-0.05, 0) is 37.5 Å². The number of nitrogens with zero attached hydrogens (tertiary/aromatic N) is 3. The number of ether oxygens (including phenoxy) is 1. The van der Waals surface area contributed by atoms with Gasteiger partial charge in [0.15, 0.2) is 0 Å². The topological polar surface area (TPSA) is 69.0 Å². The first-order chi connectivity index (χ1) is 14.0. The molecule has 1 aromatic carbocycles. The first-order valence-corrected chi connectivity index (χ1v) is 10.0. The standard InChI is InChI=1S/C23H28N4O2/c1-5-13-29-23-18(7-6-12-24-23)14-25-22(28)20-15-26-27(21(20)16(2)3)19-10-8-17(4)9-11-19/h6-12,15-16H,5,13-14H2,1-4H3,(H,25,28). The minimum atomic E-state index is -0.155. The molecule has 0 radical (unpaired) electrons. The monoisotopic (exact) mass is 392 g/mol. The van der Waals surface area contributed by atoms with Crippen LogP contribution in [0.15, 0.2) is 48.8 Å². The average Bonchev–Trinajstić information content (AvgIpc) is 3.17. The predicted octanol–water partition coefficient (Wildman–Crippen LogP) is 4.42. The Bertz CT molecular complexity index is 961. The number of benzene rings is 1. The lowest BCUT2D eigenvalue weighted by atomic mass is 10.0. The third kappa shape index (κ3) is 4.83. The molecule has 3 rings (SSSR count). The van der Waals surface area contributed by atoms with E-state index in [4.69, 9.17) is 4.74 Å². The molecule has 1 amide bonds. The normalized spacial score (nSPS) is 10.9. The van der Waals surface area contributed by atoms with Crippen molar-refractivity contribution in [2.24, 2.45) is 0 Å². The molecular formula is C23H28N4O2. The van der Waals surface area contributed by atoms with Gasteiger partial charge in [-0.1, -0.05) is 44.5 Å². The van der Waals surface area contributed by atoms with Crippen LogP contribution in [0.25, 0.3) is 5.69 Å². The summed E-state index contributed by atoms with van der Waals surface area (Å²) in [5, 5.41) is 7.48. The van der Waals surface area contributed by atoms with Crippen LogP contribution in [0.4, 0.5) is 0 Å². The summed E-state index contributed by atoms with van der Waals surface area (Å²) >= 11 is 0. The number of hydrogen-bond acceptors (Lipinski definition) is 4. The molecule has 0 aliphatic carbocycles. The van der Waals surface area contributed by atoms with E-state index in [2.05, 4.69) is 29.2 Å². The van der Waals surface area contributed by atoms with Gasteiger partial charge in [0.25, 0.3) is 5.91 Å². The fourth-order valence-corrected chi connectivity index (χ4v) is 3.14. The third-order valence-electron chi connectivity index (χ3n) is 4.61. The highest BCUT2D eigenvalue weighted by molar-refractivity contribution is 5.95. The van der Waals surface area contributed by atoms with Gasteiger partial charge in [0.1, 0.15) is 0 Å². The van der Waals surface area contributed by atoms with E-state index in [0.717, 1.165) is 23.4 Å². The summed E-state index contributed by atoms with van der Waals surface area (Å²) in [6.07, 6.45) is 4.24. The Labute approximate surface area is 171 Å². The second kappa shape index (κ2) is 9.37. The van der Waals surface area contributed by atoms with Gasteiger partial charge in [0.05, 0.1) is 29.7 Å². The molecule has 0 saturated carbocycles. The van der Waals surface area contributed by atoms with Crippen LogP contribution >= 0.6 is 0 Å². The number of rotatable bonds is 8. The Morgan fingerprint density at radius 1 is 1.21 bits per heavy atom. The van der Waals surface area contributed by atoms with Crippen molar-refractivity contribution in [2.45, 2.75) is 46.6 Å². The van der Waals surface area contributed by atoms with Gasteiger partial charge in [-0.3, -0.25) is 4.79 Å². The van der Waals surface area contributed by atoms with Gasteiger partial charge in [0.2, 0.25) is 5.88 Å². The predicted molar refractivity (Wildman–Crippen MR) is 114 cm³/mol. The fourth-order valence-electron chi connectivity index (χ4n) is 3.14. The largest absolute Gasteiger partial charge is 0.477 e. The third-order valence-corrected chi connectivity index (χ3v) is 4.61. The van der Waals surface area contributed by atoms with Crippen molar-refractivity contribution in [2.75, 3.05) is 6.61 Å². The Balaban J connectivity index is 1.81. The smallest absolute Gasteiger partial charge is 0.255 e. The number of hydrogen-bond donors (Lipinski definition) is 1. The van der Waals surface area contributed by atoms with E-state index in [9.17, 15) is 4.79 Å². The Morgan fingerprint density at radius 2 is 1.97 bits per heavy atom. The molecule has 3 aromatic rings. The molecule has 0 bridgehead atoms.